The number of ketones is 1. The fraction of sp³-hybridized carbons (Fsp3) is 0.182. The molecule has 9 heteroatoms. The minimum Gasteiger partial charge on any atom is -0.497 e. The molecular weight excluding hydrogens is 416 g/mol. The van der Waals surface area contributed by atoms with Gasteiger partial charge in [0.1, 0.15) is 11.5 Å². The second-order valence-electron chi connectivity index (χ2n) is 6.52. The summed E-state index contributed by atoms with van der Waals surface area (Å²) in [7, 11) is 1.56. The average Bonchev–Trinajstić information content (AvgIpc) is 3.22. The van der Waals surface area contributed by atoms with Gasteiger partial charge in [-0.15, -0.1) is 10.2 Å². The molecule has 0 N–H and O–H groups in total. The Balaban J connectivity index is 1.55. The fourth-order valence-electron chi connectivity index (χ4n) is 3.05. The molecule has 2 aromatic heterocycles. The van der Waals surface area contributed by atoms with Crippen LogP contribution in [-0.2, 0) is 0 Å². The normalized spacial score (nSPS) is 10.9. The van der Waals surface area contributed by atoms with Gasteiger partial charge in [-0.05, 0) is 43.3 Å². The lowest BCUT2D eigenvalue weighted by molar-refractivity contribution is 0.102. The third-order valence-electron chi connectivity index (χ3n) is 4.59. The molecule has 4 aromatic rings. The number of rotatable bonds is 8. The second kappa shape index (κ2) is 9.05. The highest BCUT2D eigenvalue weighted by Gasteiger charge is 2.14. The number of aromatic nitrogens is 4. The molecule has 0 aliphatic heterocycles. The summed E-state index contributed by atoms with van der Waals surface area (Å²) in [4.78, 5) is 25.4. The summed E-state index contributed by atoms with van der Waals surface area (Å²) in [6.07, 6.45) is 3.37. The Morgan fingerprint density at radius 2 is 1.87 bits per heavy atom. The zero-order chi connectivity index (χ0) is 21.8. The number of Topliss-reactive ketones (excluding diaryl/α,β-unsaturated/α-hetero) is 1. The molecule has 0 amide bonds. The Bertz CT molecular complexity index is 1280. The highest BCUT2D eigenvalue weighted by atomic mass is 32.2. The van der Waals surface area contributed by atoms with Crippen molar-refractivity contribution in [2.75, 3.05) is 19.5 Å². The summed E-state index contributed by atoms with van der Waals surface area (Å²) in [6, 6.07) is 14.2. The maximum atomic E-state index is 12.9. The Kier molecular flexibility index (Phi) is 6.03. The summed E-state index contributed by atoms with van der Waals surface area (Å²) < 4.78 is 13.7. The van der Waals surface area contributed by atoms with Crippen LogP contribution in [-0.4, -0.2) is 44.4 Å². The van der Waals surface area contributed by atoms with Crippen LogP contribution in [0.2, 0.25) is 0 Å². The summed E-state index contributed by atoms with van der Waals surface area (Å²) in [5, 5.41) is 8.60. The molecule has 158 valence electrons. The first kappa shape index (κ1) is 20.7. The van der Waals surface area contributed by atoms with Crippen molar-refractivity contribution in [3.8, 4) is 17.2 Å². The zero-order valence-electron chi connectivity index (χ0n) is 17.0. The number of carbonyl (C=O) groups is 1. The number of ether oxygens (including phenoxy) is 2. The lowest BCUT2D eigenvalue weighted by atomic mass is 10.1. The third-order valence-corrected chi connectivity index (χ3v) is 5.53. The predicted octanol–water partition coefficient (Wildman–Crippen LogP) is 3.26. The standard InChI is InChI=1S/C22H20N4O4S/c1-3-30-17-9-7-16(8-10-17)25-11-12-26-20(21(25)28)23-24-22(26)31-14-19(27)15-5-4-6-18(13-15)29-2/h4-13H,3,14H2,1-2H3. The minimum atomic E-state index is -0.301. The van der Waals surface area contributed by atoms with Crippen LogP contribution in [0.3, 0.4) is 0 Å². The van der Waals surface area contributed by atoms with Crippen molar-refractivity contribution in [2.24, 2.45) is 0 Å². The molecule has 0 saturated carbocycles. The molecular formula is C22H20N4O4S. The highest BCUT2D eigenvalue weighted by molar-refractivity contribution is 7.99. The van der Waals surface area contributed by atoms with Gasteiger partial charge in [-0.1, -0.05) is 23.9 Å². The van der Waals surface area contributed by atoms with Crippen molar-refractivity contribution in [1.82, 2.24) is 19.2 Å². The van der Waals surface area contributed by atoms with Crippen molar-refractivity contribution < 1.29 is 14.3 Å². The average molecular weight is 436 g/mol. The van der Waals surface area contributed by atoms with Gasteiger partial charge in [0.2, 0.25) is 5.65 Å². The lowest BCUT2D eigenvalue weighted by Crippen LogP contribution is -2.20. The molecule has 2 heterocycles. The minimum absolute atomic E-state index is 0.0663. The second-order valence-corrected chi connectivity index (χ2v) is 7.46. The molecule has 0 radical (unpaired) electrons. The number of nitrogens with zero attached hydrogens (tertiary/aromatic N) is 4. The van der Waals surface area contributed by atoms with E-state index >= 15 is 0 Å². The van der Waals surface area contributed by atoms with Crippen LogP contribution in [0, 0.1) is 0 Å². The topological polar surface area (TPSA) is 87.7 Å². The molecule has 0 spiro atoms. The van der Waals surface area contributed by atoms with Gasteiger partial charge >= 0.3 is 5.56 Å². The van der Waals surface area contributed by atoms with E-state index in [0.29, 0.717) is 28.8 Å². The first-order chi connectivity index (χ1) is 15.1. The SMILES string of the molecule is CCOc1ccc(-n2ccn3c(SCC(=O)c4cccc(OC)c4)nnc3c2=O)cc1. The van der Waals surface area contributed by atoms with Crippen LogP contribution >= 0.6 is 11.8 Å². The van der Waals surface area contributed by atoms with Gasteiger partial charge in [-0.25, -0.2) is 0 Å². The molecule has 0 fully saturated rings. The highest BCUT2D eigenvalue weighted by Crippen LogP contribution is 2.20. The third kappa shape index (κ3) is 4.31. The monoisotopic (exact) mass is 436 g/mol. The molecule has 0 saturated heterocycles. The molecule has 0 bridgehead atoms. The molecule has 4 rings (SSSR count). The molecule has 0 aliphatic rings. The van der Waals surface area contributed by atoms with Crippen LogP contribution in [0.4, 0.5) is 0 Å². The van der Waals surface area contributed by atoms with Gasteiger partial charge in [0.15, 0.2) is 10.9 Å². The van der Waals surface area contributed by atoms with E-state index in [1.165, 1.54) is 16.3 Å². The van der Waals surface area contributed by atoms with Crippen LogP contribution in [0.15, 0.2) is 70.9 Å². The molecule has 0 unspecified atom stereocenters. The van der Waals surface area contributed by atoms with Crippen LogP contribution in [0.1, 0.15) is 17.3 Å². The predicted molar refractivity (Wildman–Crippen MR) is 118 cm³/mol. The van der Waals surface area contributed by atoms with E-state index in [4.69, 9.17) is 9.47 Å². The Morgan fingerprint density at radius 1 is 1.06 bits per heavy atom. The maximum Gasteiger partial charge on any atom is 0.300 e. The summed E-state index contributed by atoms with van der Waals surface area (Å²) in [6.45, 7) is 2.49. The fourth-order valence-corrected chi connectivity index (χ4v) is 3.86. The van der Waals surface area contributed by atoms with E-state index in [0.717, 1.165) is 5.75 Å². The van der Waals surface area contributed by atoms with Gasteiger partial charge in [0.05, 0.1) is 19.5 Å². The van der Waals surface area contributed by atoms with Crippen molar-refractivity contribution >= 4 is 23.2 Å². The van der Waals surface area contributed by atoms with E-state index in [-0.39, 0.29) is 22.7 Å². The number of hydrogen-bond acceptors (Lipinski definition) is 7. The van der Waals surface area contributed by atoms with Crippen molar-refractivity contribution in [3.63, 3.8) is 0 Å². The zero-order valence-corrected chi connectivity index (χ0v) is 17.8. The number of fused-ring (bicyclic) bond motifs is 1. The first-order valence-electron chi connectivity index (χ1n) is 9.60. The lowest BCUT2D eigenvalue weighted by Gasteiger charge is -2.08. The number of thioether (sulfide) groups is 1. The summed E-state index contributed by atoms with van der Waals surface area (Å²) >= 11 is 1.23. The molecule has 31 heavy (non-hydrogen) atoms. The van der Waals surface area contributed by atoms with Gasteiger partial charge in [0, 0.05) is 23.6 Å². The quantitative estimate of drug-likeness (QED) is 0.309. The molecule has 2 aromatic carbocycles. The molecule has 8 nitrogen and oxygen atoms in total. The van der Waals surface area contributed by atoms with Crippen LogP contribution < -0.4 is 15.0 Å². The van der Waals surface area contributed by atoms with Gasteiger partial charge in [0.25, 0.3) is 0 Å². The van der Waals surface area contributed by atoms with Gasteiger partial charge in [-0.2, -0.15) is 0 Å². The number of benzene rings is 2. The van der Waals surface area contributed by atoms with E-state index in [1.54, 1.807) is 48.2 Å². The summed E-state index contributed by atoms with van der Waals surface area (Å²) in [5.74, 6) is 1.46. The van der Waals surface area contributed by atoms with Gasteiger partial charge < -0.3 is 9.47 Å². The number of carbonyl (C=O) groups excluding carboxylic acids is 1. The van der Waals surface area contributed by atoms with E-state index in [2.05, 4.69) is 10.2 Å². The van der Waals surface area contributed by atoms with Crippen LogP contribution in [0.25, 0.3) is 11.3 Å². The number of hydrogen-bond donors (Lipinski definition) is 0. The van der Waals surface area contributed by atoms with Gasteiger partial charge in [-0.3, -0.25) is 18.6 Å². The van der Waals surface area contributed by atoms with E-state index in [1.807, 2.05) is 31.2 Å². The smallest absolute Gasteiger partial charge is 0.300 e. The molecule has 0 aliphatic carbocycles. The van der Waals surface area contributed by atoms with Crippen LogP contribution in [0.5, 0.6) is 11.5 Å². The Labute approximate surface area is 182 Å². The summed E-state index contributed by atoms with van der Waals surface area (Å²) in [5.41, 5.74) is 1.14. The Morgan fingerprint density at radius 3 is 2.61 bits per heavy atom. The molecule has 0 atom stereocenters. The van der Waals surface area contributed by atoms with E-state index in [9.17, 15) is 9.59 Å². The first-order valence-corrected chi connectivity index (χ1v) is 10.6. The van der Waals surface area contributed by atoms with Crippen molar-refractivity contribution in [3.05, 3.63) is 76.8 Å². The maximum absolute atomic E-state index is 12.9. The Hall–Kier alpha value is -3.59. The van der Waals surface area contributed by atoms with Crippen molar-refractivity contribution in [2.45, 2.75) is 12.1 Å². The van der Waals surface area contributed by atoms with E-state index < -0.39 is 0 Å². The largest absolute Gasteiger partial charge is 0.497 e. The number of methoxy groups -OCH3 is 1. The van der Waals surface area contributed by atoms with Crippen molar-refractivity contribution in [1.29, 1.82) is 0 Å².